The van der Waals surface area contributed by atoms with Crippen molar-refractivity contribution in [3.63, 3.8) is 0 Å². The normalized spacial score (nSPS) is 14.2. The molecule has 0 saturated heterocycles. The first-order valence-corrected chi connectivity index (χ1v) is 6.49. The van der Waals surface area contributed by atoms with Crippen molar-refractivity contribution in [2.75, 3.05) is 0 Å². The third-order valence-corrected chi connectivity index (χ3v) is 3.57. The van der Waals surface area contributed by atoms with Crippen molar-refractivity contribution in [1.82, 2.24) is 30.0 Å². The Morgan fingerprint density at radius 1 is 1.45 bits per heavy atom. The standard InChI is InChI=1S/C12H18N6O2/c1-5-9-8(7-17(4)14-9)10-13-15-16-18(10)12(3,6-2)11(19)20/h7H,5-6H2,1-4H3,(H,19,20). The molecule has 0 spiro atoms. The first kappa shape index (κ1) is 14.2. The van der Waals surface area contributed by atoms with Gasteiger partial charge in [-0.05, 0) is 30.2 Å². The highest BCUT2D eigenvalue weighted by atomic mass is 16.4. The van der Waals surface area contributed by atoms with E-state index in [-0.39, 0.29) is 0 Å². The molecule has 2 heterocycles. The van der Waals surface area contributed by atoms with Gasteiger partial charge < -0.3 is 5.11 Å². The van der Waals surface area contributed by atoms with Crippen molar-refractivity contribution >= 4 is 5.97 Å². The monoisotopic (exact) mass is 278 g/mol. The molecule has 0 radical (unpaired) electrons. The molecule has 1 N–H and O–H groups in total. The lowest BCUT2D eigenvalue weighted by atomic mass is 9.99. The minimum atomic E-state index is -1.18. The van der Waals surface area contributed by atoms with Crippen LogP contribution < -0.4 is 0 Å². The number of carboxylic acids is 1. The van der Waals surface area contributed by atoms with Crippen LogP contribution in [0.4, 0.5) is 0 Å². The van der Waals surface area contributed by atoms with Crippen molar-refractivity contribution in [2.45, 2.75) is 39.2 Å². The SMILES string of the molecule is CCc1nn(C)cc1-c1nnnn1C(C)(CC)C(=O)O. The Labute approximate surface area is 116 Å². The van der Waals surface area contributed by atoms with Crippen molar-refractivity contribution in [3.8, 4) is 11.4 Å². The zero-order valence-electron chi connectivity index (χ0n) is 12.0. The van der Waals surface area contributed by atoms with E-state index >= 15 is 0 Å². The zero-order valence-corrected chi connectivity index (χ0v) is 12.0. The van der Waals surface area contributed by atoms with E-state index in [0.717, 1.165) is 17.7 Å². The number of aliphatic carboxylic acids is 1. The lowest BCUT2D eigenvalue weighted by Gasteiger charge is -2.23. The average molecular weight is 278 g/mol. The molecule has 0 fully saturated rings. The number of nitrogens with zero attached hydrogens (tertiary/aromatic N) is 6. The molecule has 0 amide bonds. The second-order valence-electron chi connectivity index (χ2n) is 4.86. The zero-order chi connectivity index (χ0) is 14.9. The summed E-state index contributed by atoms with van der Waals surface area (Å²) in [6, 6.07) is 0. The predicted molar refractivity (Wildman–Crippen MR) is 71.0 cm³/mol. The van der Waals surface area contributed by atoms with Crippen LogP contribution in [0.1, 0.15) is 32.9 Å². The number of tetrazole rings is 1. The van der Waals surface area contributed by atoms with E-state index in [9.17, 15) is 9.90 Å². The van der Waals surface area contributed by atoms with Gasteiger partial charge in [0.25, 0.3) is 0 Å². The molecule has 1 unspecified atom stereocenters. The van der Waals surface area contributed by atoms with E-state index in [1.54, 1.807) is 24.7 Å². The fourth-order valence-electron chi connectivity index (χ4n) is 2.06. The summed E-state index contributed by atoms with van der Waals surface area (Å²) < 4.78 is 3.04. The van der Waals surface area contributed by atoms with Crippen LogP contribution in [0.3, 0.4) is 0 Å². The smallest absolute Gasteiger partial charge is 0.331 e. The van der Waals surface area contributed by atoms with Crippen molar-refractivity contribution in [3.05, 3.63) is 11.9 Å². The molecule has 8 heteroatoms. The maximum Gasteiger partial charge on any atom is 0.331 e. The van der Waals surface area contributed by atoms with E-state index in [2.05, 4.69) is 20.6 Å². The number of rotatable bonds is 5. The molecule has 108 valence electrons. The van der Waals surface area contributed by atoms with Crippen molar-refractivity contribution < 1.29 is 9.90 Å². The Kier molecular flexibility index (Phi) is 3.56. The third kappa shape index (κ3) is 2.06. The lowest BCUT2D eigenvalue weighted by molar-refractivity contribution is -0.147. The Morgan fingerprint density at radius 2 is 2.15 bits per heavy atom. The molecule has 2 aromatic rings. The van der Waals surface area contributed by atoms with E-state index in [4.69, 9.17) is 0 Å². The molecule has 20 heavy (non-hydrogen) atoms. The Bertz CT molecular complexity index is 632. The van der Waals surface area contributed by atoms with Gasteiger partial charge in [0, 0.05) is 13.2 Å². The molecular weight excluding hydrogens is 260 g/mol. The van der Waals surface area contributed by atoms with Gasteiger partial charge in [0.2, 0.25) is 0 Å². The molecule has 1 atom stereocenters. The summed E-state index contributed by atoms with van der Waals surface area (Å²) in [6.07, 6.45) is 2.90. The molecule has 0 bridgehead atoms. The highest BCUT2D eigenvalue weighted by Crippen LogP contribution is 2.27. The second kappa shape index (κ2) is 5.03. The molecule has 0 aliphatic heterocycles. The summed E-state index contributed by atoms with van der Waals surface area (Å²) in [5, 5.41) is 25.3. The van der Waals surface area contributed by atoms with Crippen LogP contribution in [0.5, 0.6) is 0 Å². The van der Waals surface area contributed by atoms with Gasteiger partial charge in [-0.25, -0.2) is 9.48 Å². The number of carbonyl (C=O) groups is 1. The summed E-state index contributed by atoms with van der Waals surface area (Å²) in [6.45, 7) is 5.39. The van der Waals surface area contributed by atoms with Crippen LogP contribution in [0, 0.1) is 0 Å². The van der Waals surface area contributed by atoms with Gasteiger partial charge in [-0.15, -0.1) is 5.10 Å². The summed E-state index contributed by atoms with van der Waals surface area (Å²) in [5.74, 6) is -0.530. The topological polar surface area (TPSA) is 98.7 Å². The highest BCUT2D eigenvalue weighted by molar-refractivity contribution is 5.77. The highest BCUT2D eigenvalue weighted by Gasteiger charge is 2.37. The van der Waals surface area contributed by atoms with Crippen molar-refractivity contribution in [2.24, 2.45) is 7.05 Å². The maximum absolute atomic E-state index is 11.6. The third-order valence-electron chi connectivity index (χ3n) is 3.57. The first-order chi connectivity index (χ1) is 9.43. The van der Waals surface area contributed by atoms with Gasteiger partial charge in [-0.3, -0.25) is 4.68 Å². The Balaban J connectivity index is 2.61. The number of hydrogen-bond donors (Lipinski definition) is 1. The quantitative estimate of drug-likeness (QED) is 0.870. The predicted octanol–water partition coefficient (Wildman–Crippen LogP) is 0.846. The van der Waals surface area contributed by atoms with Gasteiger partial charge in [0.05, 0.1) is 11.3 Å². The Morgan fingerprint density at radius 3 is 2.70 bits per heavy atom. The fraction of sp³-hybridized carbons (Fsp3) is 0.583. The van der Waals surface area contributed by atoms with Crippen LogP contribution in [-0.2, 0) is 23.8 Å². The van der Waals surface area contributed by atoms with Crippen LogP contribution in [0.15, 0.2) is 6.20 Å². The van der Waals surface area contributed by atoms with Gasteiger partial charge in [0.1, 0.15) is 0 Å². The number of carboxylic acid groups (broad SMARTS) is 1. The summed E-state index contributed by atoms with van der Waals surface area (Å²) >= 11 is 0. The van der Waals surface area contributed by atoms with Gasteiger partial charge in [-0.2, -0.15) is 5.10 Å². The molecule has 0 aliphatic carbocycles. The van der Waals surface area contributed by atoms with Crippen LogP contribution in [0.2, 0.25) is 0 Å². The number of hydrogen-bond acceptors (Lipinski definition) is 5. The summed E-state index contributed by atoms with van der Waals surface area (Å²) in [4.78, 5) is 11.6. The molecule has 0 saturated carbocycles. The summed E-state index contributed by atoms with van der Waals surface area (Å²) in [7, 11) is 1.81. The molecule has 0 aromatic carbocycles. The van der Waals surface area contributed by atoms with Gasteiger partial charge >= 0.3 is 5.97 Å². The summed E-state index contributed by atoms with van der Waals surface area (Å²) in [5.41, 5.74) is 0.424. The minimum absolute atomic E-state index is 0.377. The second-order valence-corrected chi connectivity index (χ2v) is 4.86. The molecular formula is C12H18N6O2. The van der Waals surface area contributed by atoms with Crippen LogP contribution in [-0.4, -0.2) is 41.1 Å². The Hall–Kier alpha value is -2.25. The van der Waals surface area contributed by atoms with E-state index < -0.39 is 11.5 Å². The van der Waals surface area contributed by atoms with E-state index in [1.165, 1.54) is 4.68 Å². The minimum Gasteiger partial charge on any atom is -0.479 e. The fourth-order valence-corrected chi connectivity index (χ4v) is 2.06. The van der Waals surface area contributed by atoms with Crippen molar-refractivity contribution in [1.29, 1.82) is 0 Å². The van der Waals surface area contributed by atoms with Crippen LogP contribution in [0.25, 0.3) is 11.4 Å². The first-order valence-electron chi connectivity index (χ1n) is 6.49. The number of aryl methyl sites for hydroxylation is 2. The van der Waals surface area contributed by atoms with E-state index in [1.807, 2.05) is 14.0 Å². The lowest BCUT2D eigenvalue weighted by Crippen LogP contribution is -2.39. The van der Waals surface area contributed by atoms with E-state index in [0.29, 0.717) is 12.2 Å². The molecule has 2 rings (SSSR count). The molecule has 0 aliphatic rings. The average Bonchev–Trinajstić information content (AvgIpc) is 3.03. The largest absolute Gasteiger partial charge is 0.479 e. The maximum atomic E-state index is 11.6. The van der Waals surface area contributed by atoms with Gasteiger partial charge in [0.15, 0.2) is 11.4 Å². The molecule has 2 aromatic heterocycles. The molecule has 8 nitrogen and oxygen atoms in total. The van der Waals surface area contributed by atoms with Gasteiger partial charge in [-0.1, -0.05) is 13.8 Å². The number of aromatic nitrogens is 6. The van der Waals surface area contributed by atoms with Crippen LogP contribution >= 0.6 is 0 Å².